The van der Waals surface area contributed by atoms with Crippen LogP contribution in [-0.2, 0) is 14.3 Å². The zero-order valence-corrected chi connectivity index (χ0v) is 15.5. The highest BCUT2D eigenvalue weighted by Gasteiger charge is 2.20. The molecule has 1 heterocycles. The maximum Gasteiger partial charge on any atom is 0.344 e. The predicted molar refractivity (Wildman–Crippen MR) is 100 cm³/mol. The molecular formula is C19H18N2O8. The van der Waals surface area contributed by atoms with Gasteiger partial charge in [0.25, 0.3) is 11.6 Å². The van der Waals surface area contributed by atoms with Gasteiger partial charge in [-0.2, -0.15) is 0 Å². The minimum atomic E-state index is -1.06. The average Bonchev–Trinajstić information content (AvgIpc) is 2.72. The summed E-state index contributed by atoms with van der Waals surface area (Å²) in [5.74, 6) is 0.104. The first-order valence-corrected chi connectivity index (χ1v) is 8.69. The van der Waals surface area contributed by atoms with E-state index in [2.05, 4.69) is 5.32 Å². The molecule has 0 aliphatic carbocycles. The zero-order valence-electron chi connectivity index (χ0n) is 15.5. The quantitative estimate of drug-likeness (QED) is 0.425. The van der Waals surface area contributed by atoms with Gasteiger partial charge in [0.1, 0.15) is 19.0 Å². The molecule has 1 aliphatic heterocycles. The molecule has 0 aromatic heterocycles. The van der Waals surface area contributed by atoms with E-state index in [1.54, 1.807) is 18.2 Å². The summed E-state index contributed by atoms with van der Waals surface area (Å²) >= 11 is 0. The van der Waals surface area contributed by atoms with Crippen molar-refractivity contribution in [2.24, 2.45) is 0 Å². The van der Waals surface area contributed by atoms with Crippen LogP contribution in [0, 0.1) is 10.1 Å². The van der Waals surface area contributed by atoms with Crippen molar-refractivity contribution in [2.45, 2.75) is 13.0 Å². The van der Waals surface area contributed by atoms with E-state index in [1.165, 1.54) is 31.2 Å². The number of nitro groups is 1. The fourth-order valence-corrected chi connectivity index (χ4v) is 2.46. The van der Waals surface area contributed by atoms with Crippen LogP contribution in [0.5, 0.6) is 17.2 Å². The normalized spacial score (nSPS) is 13.1. The molecule has 29 heavy (non-hydrogen) atoms. The second-order valence-electron chi connectivity index (χ2n) is 6.02. The number of hydrogen-bond donors (Lipinski definition) is 1. The Labute approximate surface area is 165 Å². The maximum absolute atomic E-state index is 12.2. The number of anilines is 1. The van der Waals surface area contributed by atoms with Gasteiger partial charge in [0.05, 0.1) is 4.92 Å². The highest BCUT2D eigenvalue weighted by atomic mass is 16.6. The molecule has 2 aromatic carbocycles. The summed E-state index contributed by atoms with van der Waals surface area (Å²) in [5.41, 5.74) is 0.383. The molecule has 10 heteroatoms. The van der Waals surface area contributed by atoms with Gasteiger partial charge in [-0.1, -0.05) is 0 Å². The number of non-ortho nitro benzene ring substituents is 1. The molecule has 2 aromatic rings. The van der Waals surface area contributed by atoms with Crippen LogP contribution < -0.4 is 19.5 Å². The fraction of sp³-hybridized carbons (Fsp3) is 0.263. The first-order valence-electron chi connectivity index (χ1n) is 8.69. The number of fused-ring (bicyclic) bond motifs is 1. The first-order chi connectivity index (χ1) is 13.9. The third-order valence-corrected chi connectivity index (χ3v) is 3.89. The van der Waals surface area contributed by atoms with Crippen LogP contribution in [0.1, 0.15) is 6.92 Å². The monoisotopic (exact) mass is 402 g/mol. The van der Waals surface area contributed by atoms with Crippen molar-refractivity contribution in [1.82, 2.24) is 0 Å². The van der Waals surface area contributed by atoms with Crippen LogP contribution in [0.2, 0.25) is 0 Å². The van der Waals surface area contributed by atoms with Gasteiger partial charge < -0.3 is 24.3 Å². The lowest BCUT2D eigenvalue weighted by molar-refractivity contribution is -0.384. The van der Waals surface area contributed by atoms with Crippen molar-refractivity contribution in [1.29, 1.82) is 0 Å². The summed E-state index contributed by atoms with van der Waals surface area (Å²) < 4.78 is 21.1. The lowest BCUT2D eigenvalue weighted by Crippen LogP contribution is -2.31. The average molecular weight is 402 g/mol. The van der Waals surface area contributed by atoms with Crippen LogP contribution in [0.15, 0.2) is 42.5 Å². The van der Waals surface area contributed by atoms with Gasteiger partial charge >= 0.3 is 5.97 Å². The molecule has 0 saturated heterocycles. The van der Waals surface area contributed by atoms with Crippen molar-refractivity contribution in [2.75, 3.05) is 25.1 Å². The summed E-state index contributed by atoms with van der Waals surface area (Å²) in [6.45, 7) is 1.87. The number of carbonyl (C=O) groups is 2. The summed E-state index contributed by atoms with van der Waals surface area (Å²) in [6.07, 6.45) is -1.06. The number of ether oxygens (including phenoxy) is 4. The van der Waals surface area contributed by atoms with E-state index in [-0.39, 0.29) is 11.4 Å². The van der Waals surface area contributed by atoms with Crippen LogP contribution in [-0.4, -0.2) is 42.7 Å². The van der Waals surface area contributed by atoms with Crippen molar-refractivity contribution < 1.29 is 33.5 Å². The highest BCUT2D eigenvalue weighted by Crippen LogP contribution is 2.32. The molecule has 0 bridgehead atoms. The van der Waals surface area contributed by atoms with E-state index < -0.39 is 29.5 Å². The van der Waals surface area contributed by atoms with Crippen LogP contribution >= 0.6 is 0 Å². The van der Waals surface area contributed by atoms with Gasteiger partial charge in [-0.25, -0.2) is 4.79 Å². The van der Waals surface area contributed by atoms with Crippen molar-refractivity contribution in [3.05, 3.63) is 52.6 Å². The standard InChI is InChI=1S/C19H18N2O8/c1-12(19(23)20-13-2-7-16-17(10-13)27-9-8-26-16)29-18(22)11-28-15-5-3-14(4-6-15)21(24)25/h2-7,10,12H,8-9,11H2,1H3,(H,20,23)/t12-/m1/s1. The molecule has 1 N–H and O–H groups in total. The van der Waals surface area contributed by atoms with Crippen molar-refractivity contribution >= 4 is 23.3 Å². The van der Waals surface area contributed by atoms with Crippen molar-refractivity contribution in [3.63, 3.8) is 0 Å². The Morgan fingerprint density at radius 1 is 1.14 bits per heavy atom. The summed E-state index contributed by atoms with van der Waals surface area (Å²) in [5, 5.41) is 13.2. The third-order valence-electron chi connectivity index (χ3n) is 3.89. The zero-order chi connectivity index (χ0) is 20.8. The van der Waals surface area contributed by atoms with E-state index in [9.17, 15) is 19.7 Å². The molecule has 1 aliphatic rings. The molecule has 0 unspecified atom stereocenters. The van der Waals surface area contributed by atoms with Gasteiger partial charge in [0.2, 0.25) is 0 Å². The third kappa shape index (κ3) is 5.34. The molecule has 3 rings (SSSR count). The van der Waals surface area contributed by atoms with Gasteiger partial charge in [-0.15, -0.1) is 0 Å². The predicted octanol–water partition coefficient (Wildman–Crippen LogP) is 2.32. The second-order valence-corrected chi connectivity index (χ2v) is 6.02. The van der Waals surface area contributed by atoms with Gasteiger partial charge in [0.15, 0.2) is 24.2 Å². The van der Waals surface area contributed by atoms with E-state index in [0.717, 1.165) is 0 Å². The van der Waals surface area contributed by atoms with E-state index >= 15 is 0 Å². The summed E-state index contributed by atoms with van der Waals surface area (Å²) in [4.78, 5) is 34.2. The molecule has 0 saturated carbocycles. The molecule has 0 fully saturated rings. The Balaban J connectivity index is 1.47. The Bertz CT molecular complexity index is 913. The van der Waals surface area contributed by atoms with Crippen LogP contribution in [0.25, 0.3) is 0 Å². The summed E-state index contributed by atoms with van der Waals surface area (Å²) in [7, 11) is 0. The number of amides is 1. The van der Waals surface area contributed by atoms with E-state index in [4.69, 9.17) is 18.9 Å². The molecule has 1 atom stereocenters. The number of rotatable bonds is 7. The molecule has 1 amide bonds. The number of carbonyl (C=O) groups excluding carboxylic acids is 2. The number of esters is 1. The van der Waals surface area contributed by atoms with Gasteiger partial charge in [0, 0.05) is 23.9 Å². The van der Waals surface area contributed by atoms with E-state index in [1.807, 2.05) is 0 Å². The smallest absolute Gasteiger partial charge is 0.344 e. The van der Waals surface area contributed by atoms with Crippen LogP contribution in [0.4, 0.5) is 11.4 Å². The Kier molecular flexibility index (Phi) is 6.12. The number of nitrogens with one attached hydrogen (secondary N) is 1. The maximum atomic E-state index is 12.2. The van der Waals surface area contributed by atoms with Crippen LogP contribution in [0.3, 0.4) is 0 Å². The molecule has 0 spiro atoms. The number of nitro benzene ring substituents is 1. The lowest BCUT2D eigenvalue weighted by atomic mass is 10.2. The minimum Gasteiger partial charge on any atom is -0.486 e. The van der Waals surface area contributed by atoms with E-state index in [0.29, 0.717) is 30.4 Å². The molecular weight excluding hydrogens is 384 g/mol. The fourth-order valence-electron chi connectivity index (χ4n) is 2.46. The Morgan fingerprint density at radius 3 is 2.52 bits per heavy atom. The van der Waals surface area contributed by atoms with Crippen molar-refractivity contribution in [3.8, 4) is 17.2 Å². The van der Waals surface area contributed by atoms with Gasteiger partial charge in [-0.3, -0.25) is 14.9 Å². The summed E-state index contributed by atoms with van der Waals surface area (Å²) in [6, 6.07) is 10.2. The second kappa shape index (κ2) is 8.91. The largest absolute Gasteiger partial charge is 0.486 e. The Hall–Kier alpha value is -3.82. The minimum absolute atomic E-state index is 0.0932. The number of hydrogen-bond acceptors (Lipinski definition) is 8. The number of benzene rings is 2. The van der Waals surface area contributed by atoms with Gasteiger partial charge in [-0.05, 0) is 31.2 Å². The topological polar surface area (TPSA) is 126 Å². The molecule has 10 nitrogen and oxygen atoms in total. The highest BCUT2D eigenvalue weighted by molar-refractivity contribution is 5.95. The molecule has 0 radical (unpaired) electrons. The first kappa shape index (κ1) is 19.9. The Morgan fingerprint density at radius 2 is 1.83 bits per heavy atom. The lowest BCUT2D eigenvalue weighted by Gasteiger charge is -2.19. The SMILES string of the molecule is C[C@@H](OC(=O)COc1ccc([N+](=O)[O-])cc1)C(=O)Nc1ccc2c(c1)OCCO2. The number of nitrogens with zero attached hydrogens (tertiary/aromatic N) is 1. The molecule has 152 valence electrons.